The lowest BCUT2D eigenvalue weighted by Crippen LogP contribution is -2.32. The number of carbonyl (C=O) groups excluding carboxylic acids is 1. The van der Waals surface area contributed by atoms with Crippen molar-refractivity contribution in [1.82, 2.24) is 0 Å². The van der Waals surface area contributed by atoms with Crippen LogP contribution < -0.4 is 4.74 Å². The fraction of sp³-hybridized carbons (Fsp3) is 0.333. The number of hydrogen-bond acceptors (Lipinski definition) is 4. The Bertz CT molecular complexity index is 580. The number of methoxy groups -OCH3 is 1. The van der Waals surface area contributed by atoms with E-state index in [0.717, 1.165) is 5.57 Å². The first-order chi connectivity index (χ1) is 10.4. The molecule has 4 heteroatoms. The minimum Gasteiger partial charge on any atom is -0.497 e. The highest BCUT2D eigenvalue weighted by Gasteiger charge is 2.25. The molecule has 0 heterocycles. The van der Waals surface area contributed by atoms with E-state index in [-0.39, 0.29) is 0 Å². The van der Waals surface area contributed by atoms with Crippen molar-refractivity contribution in [3.63, 3.8) is 0 Å². The summed E-state index contributed by atoms with van der Waals surface area (Å²) in [5.41, 5.74) is 4.35. The van der Waals surface area contributed by atoms with Crippen LogP contribution in [0, 0.1) is 0 Å². The summed E-state index contributed by atoms with van der Waals surface area (Å²) in [5, 5.41) is 10.2. The third-order valence-corrected chi connectivity index (χ3v) is 3.21. The van der Waals surface area contributed by atoms with Gasteiger partial charge in [-0.3, -0.25) is 0 Å². The summed E-state index contributed by atoms with van der Waals surface area (Å²) >= 11 is 0. The van der Waals surface area contributed by atoms with Gasteiger partial charge in [0.2, 0.25) is 0 Å². The Hall–Kier alpha value is -2.29. The van der Waals surface area contributed by atoms with Crippen LogP contribution in [0.3, 0.4) is 0 Å². The molecule has 4 nitrogen and oxygen atoms in total. The van der Waals surface area contributed by atoms with E-state index in [0.29, 0.717) is 23.3 Å². The van der Waals surface area contributed by atoms with Crippen molar-refractivity contribution in [2.24, 2.45) is 0 Å². The summed E-state index contributed by atoms with van der Waals surface area (Å²) in [5.74, 6) is 0.144. The van der Waals surface area contributed by atoms with Gasteiger partial charge in [-0.15, -0.1) is 5.73 Å². The molecule has 0 spiro atoms. The molecule has 0 unspecified atom stereocenters. The van der Waals surface area contributed by atoms with Crippen molar-refractivity contribution >= 4 is 5.97 Å². The molecule has 0 saturated heterocycles. The van der Waals surface area contributed by atoms with Gasteiger partial charge in [-0.2, -0.15) is 0 Å². The molecule has 0 aliphatic carbocycles. The molecule has 1 aromatic rings. The molecule has 118 valence electrons. The van der Waals surface area contributed by atoms with Crippen molar-refractivity contribution in [2.75, 3.05) is 7.11 Å². The number of aliphatic hydroxyl groups excluding tert-OH is 1. The Morgan fingerprint density at radius 1 is 1.32 bits per heavy atom. The lowest BCUT2D eigenvalue weighted by Gasteiger charge is -2.23. The van der Waals surface area contributed by atoms with Gasteiger partial charge in [0.25, 0.3) is 0 Å². The van der Waals surface area contributed by atoms with Gasteiger partial charge in [-0.05, 0) is 38.1 Å². The molecule has 0 aromatic heterocycles. The van der Waals surface area contributed by atoms with E-state index in [1.165, 1.54) is 0 Å². The first-order valence-corrected chi connectivity index (χ1v) is 6.93. The Balaban J connectivity index is 2.89. The minimum absolute atomic E-state index is 0.363. The Morgan fingerprint density at radius 3 is 2.36 bits per heavy atom. The Morgan fingerprint density at radius 2 is 1.91 bits per heavy atom. The van der Waals surface area contributed by atoms with Crippen LogP contribution in [-0.2, 0) is 4.74 Å². The highest BCUT2D eigenvalue weighted by atomic mass is 16.6. The quantitative estimate of drug-likeness (QED) is 0.477. The van der Waals surface area contributed by atoms with E-state index in [4.69, 9.17) is 9.47 Å². The molecule has 0 amide bonds. The summed E-state index contributed by atoms with van der Waals surface area (Å²) in [6.07, 6.45) is -1.32. The summed E-state index contributed by atoms with van der Waals surface area (Å²) in [4.78, 5) is 12.2. The standard InChI is InChI=1S/C18H22O4/c1-6-13(4)17(19)16(11-12(2)3)22-18(20)14-7-9-15(21-5)10-8-14/h7-10,16-17,19H,1-2,11H2,3-5H3/t16-,17-/m1/s1. The number of aliphatic hydroxyl groups is 1. The molecule has 0 fully saturated rings. The minimum atomic E-state index is -0.962. The zero-order valence-corrected chi connectivity index (χ0v) is 13.3. The Labute approximate surface area is 131 Å². The molecule has 0 aliphatic rings. The lowest BCUT2D eigenvalue weighted by atomic mass is 10.0. The highest BCUT2D eigenvalue weighted by molar-refractivity contribution is 5.89. The van der Waals surface area contributed by atoms with E-state index in [1.54, 1.807) is 38.3 Å². The summed E-state index contributed by atoms with van der Waals surface area (Å²) < 4.78 is 10.5. The maximum atomic E-state index is 12.2. The third-order valence-electron chi connectivity index (χ3n) is 3.21. The van der Waals surface area contributed by atoms with Gasteiger partial charge in [-0.1, -0.05) is 18.7 Å². The van der Waals surface area contributed by atoms with Gasteiger partial charge in [0.15, 0.2) is 0 Å². The zero-order chi connectivity index (χ0) is 16.7. The monoisotopic (exact) mass is 302 g/mol. The first-order valence-electron chi connectivity index (χ1n) is 6.93. The van der Waals surface area contributed by atoms with Gasteiger partial charge in [0.1, 0.15) is 18.0 Å². The van der Waals surface area contributed by atoms with Crippen molar-refractivity contribution in [1.29, 1.82) is 0 Å². The van der Waals surface area contributed by atoms with Crippen molar-refractivity contribution in [2.45, 2.75) is 32.5 Å². The number of esters is 1. The fourth-order valence-corrected chi connectivity index (χ4v) is 1.88. The van der Waals surface area contributed by atoms with Crippen LogP contribution in [0.5, 0.6) is 5.75 Å². The van der Waals surface area contributed by atoms with Crippen LogP contribution in [0.25, 0.3) is 0 Å². The SMILES string of the molecule is C=C=C(C)[C@@H](O)[C@@H](CC(=C)C)OC(=O)c1ccc(OC)cc1. The maximum Gasteiger partial charge on any atom is 0.338 e. The molecule has 2 atom stereocenters. The third kappa shape index (κ3) is 4.92. The smallest absolute Gasteiger partial charge is 0.338 e. The molecule has 1 aromatic carbocycles. The maximum absolute atomic E-state index is 12.2. The van der Waals surface area contributed by atoms with Crippen LogP contribution in [-0.4, -0.2) is 30.4 Å². The topological polar surface area (TPSA) is 55.8 Å². The average Bonchev–Trinajstić information content (AvgIpc) is 2.52. The number of hydrogen-bond donors (Lipinski definition) is 1. The average molecular weight is 302 g/mol. The van der Waals surface area contributed by atoms with Gasteiger partial charge < -0.3 is 14.6 Å². The largest absolute Gasteiger partial charge is 0.497 e. The number of carbonyl (C=O) groups is 1. The van der Waals surface area contributed by atoms with Crippen LogP contribution in [0.2, 0.25) is 0 Å². The molecule has 0 bridgehead atoms. The van der Waals surface area contributed by atoms with Crippen LogP contribution in [0.15, 0.2) is 54.3 Å². The second kappa shape index (κ2) is 8.23. The van der Waals surface area contributed by atoms with E-state index in [9.17, 15) is 9.90 Å². The number of rotatable bonds is 7. The molecular formula is C18H22O4. The fourth-order valence-electron chi connectivity index (χ4n) is 1.88. The predicted molar refractivity (Wildman–Crippen MR) is 86.0 cm³/mol. The molecule has 0 saturated carbocycles. The van der Waals surface area contributed by atoms with Gasteiger partial charge in [0, 0.05) is 12.0 Å². The normalized spacial score (nSPS) is 12.7. The molecule has 1 N–H and O–H groups in total. The van der Waals surface area contributed by atoms with Crippen molar-refractivity contribution in [3.8, 4) is 5.75 Å². The van der Waals surface area contributed by atoms with E-state index in [1.807, 2.05) is 6.92 Å². The molecule has 22 heavy (non-hydrogen) atoms. The Kier molecular flexibility index (Phi) is 6.64. The predicted octanol–water partition coefficient (Wildman–Crippen LogP) is 3.28. The first kappa shape index (κ1) is 17.8. The molecule has 0 radical (unpaired) electrons. The molecule has 0 aliphatic heterocycles. The van der Waals surface area contributed by atoms with Crippen LogP contribution in [0.1, 0.15) is 30.6 Å². The van der Waals surface area contributed by atoms with E-state index < -0.39 is 18.2 Å². The summed E-state index contributed by atoms with van der Waals surface area (Å²) in [6, 6.07) is 6.58. The van der Waals surface area contributed by atoms with Gasteiger partial charge in [0.05, 0.1) is 12.7 Å². The van der Waals surface area contributed by atoms with Gasteiger partial charge in [-0.25, -0.2) is 4.79 Å². The summed E-state index contributed by atoms with van der Waals surface area (Å²) in [6.45, 7) is 10.8. The second-order valence-electron chi connectivity index (χ2n) is 5.14. The lowest BCUT2D eigenvalue weighted by molar-refractivity contribution is -0.00635. The number of ether oxygens (including phenoxy) is 2. The highest BCUT2D eigenvalue weighted by Crippen LogP contribution is 2.19. The van der Waals surface area contributed by atoms with Crippen molar-refractivity contribution < 1.29 is 19.4 Å². The second-order valence-corrected chi connectivity index (χ2v) is 5.14. The van der Waals surface area contributed by atoms with E-state index >= 15 is 0 Å². The van der Waals surface area contributed by atoms with Crippen LogP contribution >= 0.6 is 0 Å². The zero-order valence-electron chi connectivity index (χ0n) is 13.3. The van der Waals surface area contributed by atoms with Crippen LogP contribution in [0.4, 0.5) is 0 Å². The number of benzene rings is 1. The molecular weight excluding hydrogens is 280 g/mol. The van der Waals surface area contributed by atoms with Crippen molar-refractivity contribution in [3.05, 3.63) is 59.9 Å². The molecule has 1 rings (SSSR count). The van der Waals surface area contributed by atoms with Gasteiger partial charge >= 0.3 is 5.97 Å². The summed E-state index contributed by atoms with van der Waals surface area (Å²) in [7, 11) is 1.55. The van der Waals surface area contributed by atoms with E-state index in [2.05, 4.69) is 18.9 Å².